The Bertz CT molecular complexity index is 439. The number of nitrogens with two attached hydrogens (primary N) is 1. The molecule has 18 heavy (non-hydrogen) atoms. The third-order valence-electron chi connectivity index (χ3n) is 2.82. The van der Waals surface area contributed by atoms with Gasteiger partial charge in [-0.15, -0.1) is 5.10 Å². The van der Waals surface area contributed by atoms with Crippen molar-refractivity contribution in [1.29, 1.82) is 5.41 Å². The fourth-order valence-electron chi connectivity index (χ4n) is 2.09. The number of aliphatic hydroxyl groups excluding tert-OH is 1. The highest BCUT2D eigenvalue weighted by Crippen LogP contribution is 2.21. The summed E-state index contributed by atoms with van der Waals surface area (Å²) in [6.45, 7) is 3.03. The minimum absolute atomic E-state index is 0.0160. The molecule has 0 aliphatic carbocycles. The zero-order valence-electron chi connectivity index (χ0n) is 10.2. The molecule has 0 bridgehead atoms. The van der Waals surface area contributed by atoms with Gasteiger partial charge in [-0.3, -0.25) is 5.41 Å². The van der Waals surface area contributed by atoms with Crippen molar-refractivity contribution in [2.75, 3.05) is 24.6 Å². The van der Waals surface area contributed by atoms with Gasteiger partial charge in [-0.25, -0.2) is 0 Å². The van der Waals surface area contributed by atoms with Crippen LogP contribution in [0.4, 0.5) is 5.82 Å². The lowest BCUT2D eigenvalue weighted by atomic mass is 10.2. The summed E-state index contributed by atoms with van der Waals surface area (Å²) in [7, 11) is 0. The predicted octanol–water partition coefficient (Wildman–Crippen LogP) is -0.653. The normalized spacial score (nSPS) is 24.0. The molecule has 0 spiro atoms. The minimum Gasteiger partial charge on any atom is -0.394 e. The van der Waals surface area contributed by atoms with Gasteiger partial charge in [0.15, 0.2) is 5.82 Å². The molecule has 0 aromatic carbocycles. The number of hydrogen-bond donors (Lipinski definition) is 3. The second kappa shape index (κ2) is 5.28. The maximum Gasteiger partial charge on any atom is 0.162 e. The number of morpholine rings is 1. The number of rotatable bonds is 3. The van der Waals surface area contributed by atoms with Crippen LogP contribution in [0.3, 0.4) is 0 Å². The summed E-state index contributed by atoms with van der Waals surface area (Å²) < 4.78 is 5.56. The van der Waals surface area contributed by atoms with E-state index in [1.54, 1.807) is 6.07 Å². The Hall–Kier alpha value is -1.73. The molecule has 0 saturated carbocycles. The van der Waals surface area contributed by atoms with Crippen LogP contribution in [0, 0.1) is 5.41 Å². The largest absolute Gasteiger partial charge is 0.394 e. The summed E-state index contributed by atoms with van der Waals surface area (Å²) >= 11 is 0. The number of hydrogen-bond acceptors (Lipinski definition) is 6. The molecular weight excluding hydrogens is 234 g/mol. The Morgan fingerprint density at radius 2 is 2.44 bits per heavy atom. The number of ether oxygens (including phenoxy) is 1. The number of aromatic nitrogens is 2. The predicted molar refractivity (Wildman–Crippen MR) is 66.7 cm³/mol. The monoisotopic (exact) mass is 251 g/mol. The van der Waals surface area contributed by atoms with Crippen LogP contribution in [-0.4, -0.2) is 53.0 Å². The highest BCUT2D eigenvalue weighted by molar-refractivity contribution is 5.99. The summed E-state index contributed by atoms with van der Waals surface area (Å²) in [5.41, 5.74) is 6.08. The van der Waals surface area contributed by atoms with Crippen LogP contribution in [-0.2, 0) is 4.74 Å². The second-order valence-corrected chi connectivity index (χ2v) is 4.34. The molecule has 1 aliphatic rings. The van der Waals surface area contributed by atoms with E-state index in [9.17, 15) is 5.11 Å². The number of anilines is 1. The van der Waals surface area contributed by atoms with Crippen LogP contribution in [0.25, 0.3) is 0 Å². The van der Waals surface area contributed by atoms with E-state index in [4.69, 9.17) is 15.9 Å². The first-order valence-corrected chi connectivity index (χ1v) is 5.79. The first-order chi connectivity index (χ1) is 8.61. The first-order valence-electron chi connectivity index (χ1n) is 5.79. The molecule has 1 fully saturated rings. The number of aliphatic hydroxyl groups is 1. The van der Waals surface area contributed by atoms with Gasteiger partial charge in [-0.05, 0) is 13.0 Å². The van der Waals surface area contributed by atoms with Gasteiger partial charge in [-0.2, -0.15) is 5.10 Å². The third-order valence-corrected chi connectivity index (χ3v) is 2.82. The molecule has 2 unspecified atom stereocenters. The molecule has 7 nitrogen and oxygen atoms in total. The van der Waals surface area contributed by atoms with E-state index in [0.717, 1.165) is 0 Å². The van der Waals surface area contributed by atoms with Gasteiger partial charge in [0.1, 0.15) is 5.84 Å². The average molecular weight is 251 g/mol. The smallest absolute Gasteiger partial charge is 0.162 e. The third kappa shape index (κ3) is 2.57. The molecule has 2 rings (SSSR count). The lowest BCUT2D eigenvalue weighted by Crippen LogP contribution is -2.49. The van der Waals surface area contributed by atoms with E-state index in [-0.39, 0.29) is 24.7 Å². The molecule has 7 heteroatoms. The molecule has 2 atom stereocenters. The van der Waals surface area contributed by atoms with Crippen molar-refractivity contribution < 1.29 is 9.84 Å². The topological polar surface area (TPSA) is 108 Å². The van der Waals surface area contributed by atoms with E-state index in [1.165, 1.54) is 6.20 Å². The average Bonchev–Trinajstić information content (AvgIpc) is 2.38. The van der Waals surface area contributed by atoms with E-state index in [1.807, 2.05) is 11.8 Å². The van der Waals surface area contributed by atoms with Crippen LogP contribution in [0.5, 0.6) is 0 Å². The molecule has 1 aromatic rings. The summed E-state index contributed by atoms with van der Waals surface area (Å²) in [5, 5.41) is 24.6. The summed E-state index contributed by atoms with van der Waals surface area (Å²) in [6, 6.07) is 1.67. The zero-order valence-corrected chi connectivity index (χ0v) is 10.2. The van der Waals surface area contributed by atoms with Crippen molar-refractivity contribution >= 4 is 11.7 Å². The van der Waals surface area contributed by atoms with E-state index >= 15 is 0 Å². The van der Waals surface area contributed by atoms with Crippen LogP contribution >= 0.6 is 0 Å². The zero-order chi connectivity index (χ0) is 13.1. The number of nitrogens with zero attached hydrogens (tertiary/aromatic N) is 3. The van der Waals surface area contributed by atoms with Crippen molar-refractivity contribution in [3.05, 3.63) is 17.8 Å². The molecule has 0 radical (unpaired) electrons. The number of nitrogens with one attached hydrogen (secondary N) is 1. The Morgan fingerprint density at radius 1 is 1.67 bits per heavy atom. The van der Waals surface area contributed by atoms with E-state index in [2.05, 4.69) is 10.2 Å². The molecule has 1 saturated heterocycles. The molecule has 2 heterocycles. The standard InChI is InChI=1S/C11H17N5O2/c1-7-4-16(5-8(6-17)18-7)11-9(10(12)13)2-3-14-15-11/h2-3,7-8,17H,4-6H2,1H3,(H3,12,13). The Morgan fingerprint density at radius 3 is 3.11 bits per heavy atom. The maximum atomic E-state index is 9.20. The van der Waals surface area contributed by atoms with Gasteiger partial charge in [0.25, 0.3) is 0 Å². The molecule has 4 N–H and O–H groups in total. The van der Waals surface area contributed by atoms with Crippen LogP contribution in [0.2, 0.25) is 0 Å². The van der Waals surface area contributed by atoms with E-state index < -0.39 is 0 Å². The minimum atomic E-state index is -0.254. The van der Waals surface area contributed by atoms with Gasteiger partial charge in [0.2, 0.25) is 0 Å². The summed E-state index contributed by atoms with van der Waals surface area (Å²) in [4.78, 5) is 1.94. The Kier molecular flexibility index (Phi) is 3.73. The van der Waals surface area contributed by atoms with Crippen molar-refractivity contribution in [3.63, 3.8) is 0 Å². The highest BCUT2D eigenvalue weighted by Gasteiger charge is 2.27. The Balaban J connectivity index is 2.27. The Labute approximate surface area is 105 Å². The van der Waals surface area contributed by atoms with Gasteiger partial charge < -0.3 is 20.5 Å². The molecule has 1 aliphatic heterocycles. The van der Waals surface area contributed by atoms with Gasteiger partial charge in [0.05, 0.1) is 30.6 Å². The van der Waals surface area contributed by atoms with Crippen molar-refractivity contribution in [1.82, 2.24) is 10.2 Å². The number of amidine groups is 1. The van der Waals surface area contributed by atoms with Crippen LogP contribution < -0.4 is 10.6 Å². The molecular formula is C11H17N5O2. The van der Waals surface area contributed by atoms with Crippen molar-refractivity contribution in [2.24, 2.45) is 5.73 Å². The fraction of sp³-hybridized carbons (Fsp3) is 0.545. The SMILES string of the molecule is CC1CN(c2nnccc2C(=N)N)CC(CO)O1. The molecule has 0 amide bonds. The second-order valence-electron chi connectivity index (χ2n) is 4.34. The summed E-state index contributed by atoms with van der Waals surface area (Å²) in [5.74, 6) is 0.526. The summed E-state index contributed by atoms with van der Waals surface area (Å²) in [6.07, 6.45) is 1.24. The van der Waals surface area contributed by atoms with Gasteiger partial charge in [0, 0.05) is 13.1 Å². The van der Waals surface area contributed by atoms with Gasteiger partial charge >= 0.3 is 0 Å². The van der Waals surface area contributed by atoms with Gasteiger partial charge in [-0.1, -0.05) is 0 Å². The molecule has 1 aromatic heterocycles. The molecule has 98 valence electrons. The van der Waals surface area contributed by atoms with E-state index in [0.29, 0.717) is 24.5 Å². The van der Waals surface area contributed by atoms with Crippen LogP contribution in [0.1, 0.15) is 12.5 Å². The fourth-order valence-corrected chi connectivity index (χ4v) is 2.09. The quantitative estimate of drug-likeness (QED) is 0.486. The van der Waals surface area contributed by atoms with Crippen molar-refractivity contribution in [3.8, 4) is 0 Å². The first kappa shape index (κ1) is 12.7. The van der Waals surface area contributed by atoms with Crippen molar-refractivity contribution in [2.45, 2.75) is 19.1 Å². The maximum absolute atomic E-state index is 9.20. The lowest BCUT2D eigenvalue weighted by Gasteiger charge is -2.37. The lowest BCUT2D eigenvalue weighted by molar-refractivity contribution is -0.0423. The highest BCUT2D eigenvalue weighted by atomic mass is 16.5. The van der Waals surface area contributed by atoms with Crippen LogP contribution in [0.15, 0.2) is 12.3 Å². The number of nitrogen functional groups attached to an aromatic ring is 1.